The molecule has 0 saturated heterocycles. The molecule has 10 nitrogen and oxygen atoms in total. The lowest BCUT2D eigenvalue weighted by Gasteiger charge is -2.23. The van der Waals surface area contributed by atoms with Crippen molar-refractivity contribution >= 4 is 35.7 Å². The summed E-state index contributed by atoms with van der Waals surface area (Å²) in [7, 11) is 0. The number of fused-ring (bicyclic) bond motifs is 2. The fraction of sp³-hybridized carbons (Fsp3) is 0.100. The molecule has 2 aromatic heterocycles. The molecule has 2 aromatic carbocycles. The second-order valence-electron chi connectivity index (χ2n) is 7.18. The fourth-order valence-electron chi connectivity index (χ4n) is 3.15. The first-order chi connectivity index (χ1) is 17.1. The summed E-state index contributed by atoms with van der Waals surface area (Å²) in [4.78, 5) is 0. The summed E-state index contributed by atoms with van der Waals surface area (Å²) in [5, 5.41) is 25.2. The number of nitrogens with zero attached hydrogens (tertiary/aromatic N) is 8. The van der Waals surface area contributed by atoms with E-state index in [1.165, 1.54) is 24.3 Å². The van der Waals surface area contributed by atoms with Crippen LogP contribution in [0.4, 0.5) is 49.6 Å². The van der Waals surface area contributed by atoms with Gasteiger partial charge in [0.05, 0.1) is 23.6 Å². The predicted molar refractivity (Wildman–Crippen MR) is 111 cm³/mol. The number of hydrogen-bond acceptors (Lipinski definition) is 10. The summed E-state index contributed by atoms with van der Waals surface area (Å²) in [6.45, 7) is 0. The largest absolute Gasteiger partial charge is 0.416 e. The predicted octanol–water partition coefficient (Wildman–Crippen LogP) is 5.15. The average molecular weight is 508 g/mol. The highest BCUT2D eigenvalue weighted by Gasteiger charge is 2.38. The van der Waals surface area contributed by atoms with Crippen LogP contribution in [0.15, 0.2) is 68.0 Å². The van der Waals surface area contributed by atoms with Crippen molar-refractivity contribution in [3.63, 3.8) is 0 Å². The van der Waals surface area contributed by atoms with E-state index >= 15 is 0 Å². The molecule has 0 fully saturated rings. The van der Waals surface area contributed by atoms with Gasteiger partial charge in [0.1, 0.15) is 0 Å². The van der Waals surface area contributed by atoms with Crippen LogP contribution in [0, 0.1) is 0 Å². The fourth-order valence-corrected chi connectivity index (χ4v) is 3.15. The number of hydrogen-bond donors (Lipinski definition) is 0. The molecule has 1 aliphatic rings. The number of alkyl halides is 6. The second kappa shape index (κ2) is 8.47. The monoisotopic (exact) mass is 508 g/mol. The molecule has 0 saturated carbocycles. The van der Waals surface area contributed by atoms with Crippen LogP contribution in [-0.4, -0.2) is 33.1 Å². The quantitative estimate of drug-likeness (QED) is 0.275. The Kier molecular flexibility index (Phi) is 5.41. The molecule has 0 bridgehead atoms. The molecule has 5 rings (SSSR count). The summed E-state index contributed by atoms with van der Waals surface area (Å²) < 4.78 is 87.5. The standard InChI is InChI=1S/C20H10F6N8O2/c21-19(22,23)13-5-1-3-11(7-13)9-27-33-15-17(31-35-29-15)34(18-16(33)30-36-32-18)28-10-12-4-2-6-14(8-12)20(24,25)26/h1-10H. The van der Waals surface area contributed by atoms with Crippen LogP contribution in [0.25, 0.3) is 0 Å². The highest BCUT2D eigenvalue weighted by molar-refractivity contribution is 5.89. The molecule has 0 radical (unpaired) electrons. The molecular formula is C20H10F6N8O2. The van der Waals surface area contributed by atoms with E-state index in [9.17, 15) is 26.3 Å². The molecule has 3 heterocycles. The van der Waals surface area contributed by atoms with E-state index < -0.39 is 23.5 Å². The van der Waals surface area contributed by atoms with Gasteiger partial charge in [-0.1, -0.05) is 24.3 Å². The Morgan fingerprint density at radius 1 is 0.611 bits per heavy atom. The highest BCUT2D eigenvalue weighted by Crippen LogP contribution is 2.44. The van der Waals surface area contributed by atoms with E-state index in [-0.39, 0.29) is 34.4 Å². The smallest absolute Gasteiger partial charge is 0.240 e. The van der Waals surface area contributed by atoms with Gasteiger partial charge in [-0.25, -0.2) is 9.26 Å². The lowest BCUT2D eigenvalue weighted by atomic mass is 10.1. The zero-order valence-electron chi connectivity index (χ0n) is 17.4. The summed E-state index contributed by atoms with van der Waals surface area (Å²) in [6, 6.07) is 8.85. The minimum Gasteiger partial charge on any atom is -0.240 e. The van der Waals surface area contributed by atoms with Crippen LogP contribution < -0.4 is 10.0 Å². The first-order valence-corrected chi connectivity index (χ1v) is 9.79. The molecule has 0 spiro atoms. The Bertz CT molecular complexity index is 1310. The third kappa shape index (κ3) is 4.35. The van der Waals surface area contributed by atoms with Crippen molar-refractivity contribution in [2.24, 2.45) is 10.2 Å². The van der Waals surface area contributed by atoms with Gasteiger partial charge >= 0.3 is 12.4 Å². The average Bonchev–Trinajstić information content (AvgIpc) is 3.51. The van der Waals surface area contributed by atoms with Gasteiger partial charge in [0, 0.05) is 0 Å². The van der Waals surface area contributed by atoms with Crippen molar-refractivity contribution < 1.29 is 35.6 Å². The minimum absolute atomic E-state index is 0.0809. The molecule has 0 unspecified atom stereocenters. The lowest BCUT2D eigenvalue weighted by Crippen LogP contribution is -2.24. The third-order valence-electron chi connectivity index (χ3n) is 4.78. The van der Waals surface area contributed by atoms with Crippen LogP contribution in [0.3, 0.4) is 0 Å². The summed E-state index contributed by atoms with van der Waals surface area (Å²) in [5.41, 5.74) is -1.50. The maximum atomic E-state index is 13.0. The summed E-state index contributed by atoms with van der Waals surface area (Å²) >= 11 is 0. The number of benzene rings is 2. The van der Waals surface area contributed by atoms with E-state index in [4.69, 9.17) is 9.26 Å². The SMILES string of the molecule is FC(F)(F)c1cccc(C=NN2c3nonc3N(N=Cc3cccc(C(F)(F)F)c3)c3nonc32)c1. The molecule has 16 heteroatoms. The van der Waals surface area contributed by atoms with E-state index in [0.29, 0.717) is 0 Å². The lowest BCUT2D eigenvalue weighted by molar-refractivity contribution is -0.138. The third-order valence-corrected chi connectivity index (χ3v) is 4.78. The van der Waals surface area contributed by atoms with Crippen molar-refractivity contribution in [1.82, 2.24) is 20.6 Å². The molecule has 1 aliphatic heterocycles. The van der Waals surface area contributed by atoms with Gasteiger partial charge in [0.25, 0.3) is 0 Å². The summed E-state index contributed by atoms with van der Waals surface area (Å²) in [6.07, 6.45) is -6.85. The maximum Gasteiger partial charge on any atom is 0.416 e. The summed E-state index contributed by atoms with van der Waals surface area (Å²) in [5.74, 6) is -0.324. The van der Waals surface area contributed by atoms with Crippen molar-refractivity contribution in [2.45, 2.75) is 12.4 Å². The molecule has 0 aliphatic carbocycles. The zero-order chi connectivity index (χ0) is 25.5. The maximum absolute atomic E-state index is 13.0. The van der Waals surface area contributed by atoms with Gasteiger partial charge < -0.3 is 0 Å². The van der Waals surface area contributed by atoms with E-state index in [1.807, 2.05) is 0 Å². The van der Waals surface area contributed by atoms with Crippen LogP contribution in [0.2, 0.25) is 0 Å². The van der Waals surface area contributed by atoms with Crippen LogP contribution in [0.5, 0.6) is 0 Å². The number of aromatic nitrogens is 4. The highest BCUT2D eigenvalue weighted by atomic mass is 19.4. The van der Waals surface area contributed by atoms with Crippen molar-refractivity contribution in [3.05, 3.63) is 70.8 Å². The Labute approximate surface area is 196 Å². The first kappa shape index (κ1) is 23.0. The van der Waals surface area contributed by atoms with E-state index in [0.717, 1.165) is 46.7 Å². The Hall–Kier alpha value is -4.76. The van der Waals surface area contributed by atoms with Crippen molar-refractivity contribution in [1.29, 1.82) is 0 Å². The Morgan fingerprint density at radius 3 is 1.31 bits per heavy atom. The molecule has 184 valence electrons. The number of halogens is 6. The Morgan fingerprint density at radius 2 is 0.972 bits per heavy atom. The number of rotatable bonds is 4. The molecule has 4 aromatic rings. The van der Waals surface area contributed by atoms with Crippen molar-refractivity contribution in [2.75, 3.05) is 10.0 Å². The van der Waals surface area contributed by atoms with Crippen LogP contribution >= 0.6 is 0 Å². The first-order valence-electron chi connectivity index (χ1n) is 9.79. The number of anilines is 4. The molecular weight excluding hydrogens is 498 g/mol. The van der Waals surface area contributed by atoms with Gasteiger partial charge in [-0.05, 0) is 56.0 Å². The second-order valence-corrected chi connectivity index (χ2v) is 7.18. The van der Waals surface area contributed by atoms with E-state index in [1.54, 1.807) is 0 Å². The van der Waals surface area contributed by atoms with Gasteiger partial charge in [-0.2, -0.15) is 46.6 Å². The van der Waals surface area contributed by atoms with Gasteiger partial charge in [-0.3, -0.25) is 0 Å². The minimum atomic E-state index is -4.54. The normalized spacial score (nSPS) is 14.1. The van der Waals surface area contributed by atoms with Gasteiger partial charge in [0.2, 0.25) is 23.3 Å². The molecule has 0 amide bonds. The Balaban J connectivity index is 1.47. The van der Waals surface area contributed by atoms with Gasteiger partial charge in [-0.15, -0.1) is 0 Å². The number of hydrazone groups is 2. The van der Waals surface area contributed by atoms with E-state index in [2.05, 4.69) is 30.8 Å². The molecule has 0 atom stereocenters. The van der Waals surface area contributed by atoms with Crippen molar-refractivity contribution in [3.8, 4) is 0 Å². The van der Waals surface area contributed by atoms with Gasteiger partial charge in [0.15, 0.2) is 0 Å². The zero-order valence-corrected chi connectivity index (χ0v) is 17.4. The topological polar surface area (TPSA) is 109 Å². The van der Waals surface area contributed by atoms with Crippen LogP contribution in [0.1, 0.15) is 22.3 Å². The van der Waals surface area contributed by atoms with Crippen LogP contribution in [-0.2, 0) is 12.4 Å². The molecule has 0 N–H and O–H groups in total. The molecule has 36 heavy (non-hydrogen) atoms.